The third kappa shape index (κ3) is 3.04. The van der Waals surface area contributed by atoms with Crippen LogP contribution < -0.4 is 5.73 Å². The molecule has 4 N–H and O–H groups in total. The van der Waals surface area contributed by atoms with Gasteiger partial charge in [0.05, 0.1) is 0 Å². The Kier molecular flexibility index (Phi) is 4.84. The van der Waals surface area contributed by atoms with Crippen molar-refractivity contribution in [3.63, 3.8) is 0 Å². The van der Waals surface area contributed by atoms with Gasteiger partial charge in [0.2, 0.25) is 0 Å². The van der Waals surface area contributed by atoms with Gasteiger partial charge in [-0.25, -0.2) is 0 Å². The number of hydrogen-bond donors (Lipinski definition) is 3. The third-order valence-electron chi connectivity index (χ3n) is 3.86. The topological polar surface area (TPSA) is 86.8 Å². The van der Waals surface area contributed by atoms with Crippen molar-refractivity contribution in [1.82, 2.24) is 4.90 Å². The summed E-state index contributed by atoms with van der Waals surface area (Å²) in [5.41, 5.74) is 5.53. The zero-order chi connectivity index (χ0) is 14.5. The predicted octanol–water partition coefficient (Wildman–Crippen LogP) is 1.83. The maximum absolute atomic E-state index is 12.6. The Hall–Kier alpha value is -1.75. The van der Waals surface area contributed by atoms with E-state index in [2.05, 4.69) is 0 Å². The van der Waals surface area contributed by atoms with Gasteiger partial charge >= 0.3 is 0 Å². The fourth-order valence-corrected chi connectivity index (χ4v) is 2.82. The highest BCUT2D eigenvalue weighted by Gasteiger charge is 2.29. The Morgan fingerprint density at radius 2 is 1.85 bits per heavy atom. The molecule has 2 rings (SSSR count). The van der Waals surface area contributed by atoms with Gasteiger partial charge in [-0.3, -0.25) is 4.79 Å². The zero-order valence-electron chi connectivity index (χ0n) is 11.6. The molecular weight excluding hydrogens is 256 g/mol. The van der Waals surface area contributed by atoms with Crippen molar-refractivity contribution >= 4 is 5.91 Å². The molecule has 5 nitrogen and oxygen atoms in total. The number of nitrogens with two attached hydrogens (primary N) is 1. The van der Waals surface area contributed by atoms with Crippen LogP contribution in [0.5, 0.6) is 11.5 Å². The first-order valence-electron chi connectivity index (χ1n) is 7.17. The van der Waals surface area contributed by atoms with Crippen molar-refractivity contribution in [1.29, 1.82) is 0 Å². The van der Waals surface area contributed by atoms with Crippen molar-refractivity contribution in [3.8, 4) is 11.5 Å². The van der Waals surface area contributed by atoms with E-state index in [1.165, 1.54) is 18.2 Å². The van der Waals surface area contributed by atoms with E-state index in [1.54, 1.807) is 4.90 Å². The fraction of sp³-hybridized carbons (Fsp3) is 0.533. The van der Waals surface area contributed by atoms with Gasteiger partial charge in [-0.2, -0.15) is 0 Å². The molecule has 0 spiro atoms. The lowest BCUT2D eigenvalue weighted by molar-refractivity contribution is 0.0674. The van der Waals surface area contributed by atoms with Crippen LogP contribution in [0.4, 0.5) is 0 Å². The molecule has 0 atom stereocenters. The highest BCUT2D eigenvalue weighted by atomic mass is 16.3. The molecular formula is C15H22N2O3. The average Bonchev–Trinajstić information content (AvgIpc) is 2.93. The first-order chi connectivity index (χ1) is 9.65. The van der Waals surface area contributed by atoms with Gasteiger partial charge < -0.3 is 20.8 Å². The monoisotopic (exact) mass is 278 g/mol. The van der Waals surface area contributed by atoms with Gasteiger partial charge in [0, 0.05) is 12.6 Å². The molecule has 0 unspecified atom stereocenters. The maximum atomic E-state index is 12.6. The van der Waals surface area contributed by atoms with Crippen LogP contribution in [0.2, 0.25) is 0 Å². The van der Waals surface area contributed by atoms with Crippen LogP contribution in [0.1, 0.15) is 42.5 Å². The van der Waals surface area contributed by atoms with Crippen molar-refractivity contribution in [2.45, 2.75) is 38.1 Å². The molecule has 5 heteroatoms. The molecule has 1 fully saturated rings. The number of nitrogens with zero attached hydrogens (tertiary/aromatic N) is 1. The van der Waals surface area contributed by atoms with Crippen molar-refractivity contribution in [2.75, 3.05) is 13.1 Å². The van der Waals surface area contributed by atoms with Gasteiger partial charge in [0.1, 0.15) is 17.1 Å². The number of rotatable bonds is 5. The predicted molar refractivity (Wildman–Crippen MR) is 76.7 cm³/mol. The Morgan fingerprint density at radius 1 is 1.25 bits per heavy atom. The van der Waals surface area contributed by atoms with E-state index in [0.717, 1.165) is 32.1 Å². The standard InChI is InChI=1S/C15H22N2O3/c16-9-4-10-17(11-5-1-2-6-11)15(20)14-12(18)7-3-8-13(14)19/h3,7-8,11,18-19H,1-2,4-6,9-10,16H2. The number of carbonyl (C=O) groups is 1. The van der Waals surface area contributed by atoms with Crippen LogP contribution in [0.3, 0.4) is 0 Å². The second-order valence-corrected chi connectivity index (χ2v) is 5.25. The summed E-state index contributed by atoms with van der Waals surface area (Å²) in [5, 5.41) is 19.7. The quantitative estimate of drug-likeness (QED) is 0.767. The van der Waals surface area contributed by atoms with Crippen LogP contribution in [0.25, 0.3) is 0 Å². The number of phenols is 2. The lowest BCUT2D eigenvalue weighted by atomic mass is 10.1. The van der Waals surface area contributed by atoms with E-state index >= 15 is 0 Å². The summed E-state index contributed by atoms with van der Waals surface area (Å²) in [6.45, 7) is 1.08. The molecule has 0 aromatic heterocycles. The van der Waals surface area contributed by atoms with Crippen LogP contribution in [-0.4, -0.2) is 40.2 Å². The van der Waals surface area contributed by atoms with Crippen LogP contribution in [0, 0.1) is 0 Å². The molecule has 0 saturated heterocycles. The van der Waals surface area contributed by atoms with Crippen LogP contribution in [0.15, 0.2) is 18.2 Å². The number of amides is 1. The van der Waals surface area contributed by atoms with Gasteiger partial charge in [-0.15, -0.1) is 0 Å². The molecule has 1 amide bonds. The summed E-state index contributed by atoms with van der Waals surface area (Å²) in [4.78, 5) is 14.4. The van der Waals surface area contributed by atoms with Gasteiger partial charge in [0.15, 0.2) is 0 Å². The van der Waals surface area contributed by atoms with Gasteiger partial charge in [-0.1, -0.05) is 18.9 Å². The SMILES string of the molecule is NCCCN(C(=O)c1c(O)cccc1O)C1CCCC1. The average molecular weight is 278 g/mol. The Bertz CT molecular complexity index is 450. The maximum Gasteiger partial charge on any atom is 0.261 e. The van der Waals surface area contributed by atoms with E-state index in [9.17, 15) is 15.0 Å². The number of hydrogen-bond acceptors (Lipinski definition) is 4. The first kappa shape index (κ1) is 14.7. The minimum absolute atomic E-state index is 0.00331. The van der Waals surface area contributed by atoms with Crippen LogP contribution in [-0.2, 0) is 0 Å². The molecule has 0 heterocycles. The number of benzene rings is 1. The number of carbonyl (C=O) groups excluding carboxylic acids is 1. The van der Waals surface area contributed by atoms with Gasteiger partial charge in [-0.05, 0) is 37.9 Å². The molecule has 110 valence electrons. The van der Waals surface area contributed by atoms with E-state index in [-0.39, 0.29) is 29.0 Å². The first-order valence-corrected chi connectivity index (χ1v) is 7.17. The van der Waals surface area contributed by atoms with E-state index < -0.39 is 0 Å². The molecule has 1 saturated carbocycles. The van der Waals surface area contributed by atoms with Crippen molar-refractivity contribution in [3.05, 3.63) is 23.8 Å². The molecule has 0 radical (unpaired) electrons. The second-order valence-electron chi connectivity index (χ2n) is 5.25. The summed E-state index contributed by atoms with van der Waals surface area (Å²) in [6.07, 6.45) is 4.90. The van der Waals surface area contributed by atoms with Gasteiger partial charge in [0.25, 0.3) is 5.91 Å². The summed E-state index contributed by atoms with van der Waals surface area (Å²) >= 11 is 0. The smallest absolute Gasteiger partial charge is 0.261 e. The number of aromatic hydroxyl groups is 2. The normalized spacial score (nSPS) is 15.4. The van der Waals surface area contributed by atoms with Crippen molar-refractivity contribution in [2.24, 2.45) is 5.73 Å². The van der Waals surface area contributed by atoms with Crippen molar-refractivity contribution < 1.29 is 15.0 Å². The Labute approximate surface area is 119 Å². The Balaban J connectivity index is 2.25. The summed E-state index contributed by atoms with van der Waals surface area (Å²) in [5.74, 6) is -0.655. The Morgan fingerprint density at radius 3 is 2.40 bits per heavy atom. The summed E-state index contributed by atoms with van der Waals surface area (Å²) in [6, 6.07) is 4.54. The van der Waals surface area contributed by atoms with E-state index in [0.29, 0.717) is 13.1 Å². The molecule has 0 aliphatic heterocycles. The molecule has 20 heavy (non-hydrogen) atoms. The minimum Gasteiger partial charge on any atom is -0.507 e. The van der Waals surface area contributed by atoms with E-state index in [4.69, 9.17) is 5.73 Å². The lowest BCUT2D eigenvalue weighted by Crippen LogP contribution is -2.40. The third-order valence-corrected chi connectivity index (χ3v) is 3.86. The highest BCUT2D eigenvalue weighted by molar-refractivity contribution is 5.99. The minimum atomic E-state index is -0.305. The van der Waals surface area contributed by atoms with E-state index in [1.807, 2.05) is 0 Å². The summed E-state index contributed by atoms with van der Waals surface area (Å²) < 4.78 is 0. The second kappa shape index (κ2) is 6.61. The zero-order valence-corrected chi connectivity index (χ0v) is 11.6. The molecule has 1 aliphatic carbocycles. The fourth-order valence-electron chi connectivity index (χ4n) is 2.82. The largest absolute Gasteiger partial charge is 0.507 e. The molecule has 0 bridgehead atoms. The summed E-state index contributed by atoms with van der Waals surface area (Å²) in [7, 11) is 0. The lowest BCUT2D eigenvalue weighted by Gasteiger charge is -2.29. The number of phenolic OH excluding ortho intramolecular Hbond substituents is 2. The molecule has 1 aromatic rings. The molecule has 1 aromatic carbocycles. The molecule has 1 aliphatic rings. The van der Waals surface area contributed by atoms with Crippen LogP contribution >= 0.6 is 0 Å². The highest BCUT2D eigenvalue weighted by Crippen LogP contribution is 2.31.